The minimum absolute atomic E-state index is 0.174. The first kappa shape index (κ1) is 18.4. The minimum Gasteiger partial charge on any atom is -0.408 e. The molecule has 148 valence electrons. The van der Waals surface area contributed by atoms with Crippen LogP contribution in [0.25, 0.3) is 22.6 Å². The van der Waals surface area contributed by atoms with Crippen LogP contribution in [0.3, 0.4) is 0 Å². The van der Waals surface area contributed by atoms with Crippen molar-refractivity contribution in [3.8, 4) is 11.5 Å². The molecule has 4 rings (SSSR count). The molecule has 0 atom stereocenters. The van der Waals surface area contributed by atoms with Crippen LogP contribution in [0.4, 0.5) is 0 Å². The summed E-state index contributed by atoms with van der Waals surface area (Å²) in [7, 11) is 1.62. The molecular weight excluding hydrogens is 376 g/mol. The summed E-state index contributed by atoms with van der Waals surface area (Å²) in [6.07, 6.45) is 1.63. The van der Waals surface area contributed by atoms with Crippen LogP contribution < -0.4 is 16.8 Å². The van der Waals surface area contributed by atoms with Crippen molar-refractivity contribution >= 4 is 17.0 Å². The van der Waals surface area contributed by atoms with Gasteiger partial charge in [0.15, 0.2) is 11.4 Å². The number of carbonyl (C=O) groups is 1. The molecule has 0 aliphatic rings. The van der Waals surface area contributed by atoms with Crippen LogP contribution in [-0.2, 0) is 24.9 Å². The molecule has 10 nitrogen and oxygen atoms in total. The summed E-state index contributed by atoms with van der Waals surface area (Å²) < 4.78 is 9.04. The zero-order valence-corrected chi connectivity index (χ0v) is 15.6. The van der Waals surface area contributed by atoms with Gasteiger partial charge in [-0.15, -0.1) is 5.10 Å². The molecule has 0 aliphatic heterocycles. The Hall–Kier alpha value is -3.95. The van der Waals surface area contributed by atoms with Crippen molar-refractivity contribution in [1.82, 2.24) is 29.2 Å². The predicted octanol–water partition coefficient (Wildman–Crippen LogP) is 0.368. The normalized spacial score (nSPS) is 11.1. The van der Waals surface area contributed by atoms with Gasteiger partial charge in [-0.25, -0.2) is 14.3 Å². The van der Waals surface area contributed by atoms with Gasteiger partial charge >= 0.3 is 11.4 Å². The summed E-state index contributed by atoms with van der Waals surface area (Å²) in [6, 6.07) is 12.2. The van der Waals surface area contributed by atoms with Crippen LogP contribution in [0, 0.1) is 0 Å². The van der Waals surface area contributed by atoms with Gasteiger partial charge < -0.3 is 9.73 Å². The van der Waals surface area contributed by atoms with E-state index in [1.807, 2.05) is 6.07 Å². The number of fused-ring (bicyclic) bond motifs is 1. The van der Waals surface area contributed by atoms with Crippen molar-refractivity contribution in [1.29, 1.82) is 0 Å². The average Bonchev–Trinajstić information content (AvgIpc) is 3.20. The van der Waals surface area contributed by atoms with E-state index in [1.54, 1.807) is 49.6 Å². The molecule has 3 heterocycles. The number of pyridine rings is 1. The molecule has 0 bridgehead atoms. The van der Waals surface area contributed by atoms with E-state index in [2.05, 4.69) is 15.4 Å². The Morgan fingerprint density at radius 3 is 2.72 bits per heavy atom. The second-order valence-electron chi connectivity index (χ2n) is 6.38. The topological polar surface area (TPSA) is 117 Å². The molecule has 3 aromatic heterocycles. The lowest BCUT2D eigenvalue weighted by atomic mass is 10.3. The fraction of sp³-hybridized carbons (Fsp3) is 0.211. The zero-order valence-electron chi connectivity index (χ0n) is 15.6. The molecule has 0 radical (unpaired) electrons. The number of rotatable bonds is 6. The lowest BCUT2D eigenvalue weighted by Crippen LogP contribution is -2.35. The number of oxazole rings is 1. The molecule has 10 heteroatoms. The molecule has 0 aliphatic carbocycles. The third-order valence-electron chi connectivity index (χ3n) is 4.46. The zero-order chi connectivity index (χ0) is 20.4. The summed E-state index contributed by atoms with van der Waals surface area (Å²) in [5.41, 5.74) is 1.25. The van der Waals surface area contributed by atoms with E-state index in [-0.39, 0.29) is 31.2 Å². The first-order valence-corrected chi connectivity index (χ1v) is 8.95. The summed E-state index contributed by atoms with van der Waals surface area (Å²) >= 11 is 0. The second kappa shape index (κ2) is 7.58. The van der Waals surface area contributed by atoms with Crippen LogP contribution in [0.15, 0.2) is 62.7 Å². The van der Waals surface area contributed by atoms with Crippen LogP contribution in [-0.4, -0.2) is 36.4 Å². The van der Waals surface area contributed by atoms with Crippen LogP contribution in [0.1, 0.15) is 0 Å². The van der Waals surface area contributed by atoms with Gasteiger partial charge in [0.2, 0.25) is 5.91 Å². The van der Waals surface area contributed by atoms with E-state index in [0.29, 0.717) is 22.6 Å². The Bertz CT molecular complexity index is 1280. The van der Waals surface area contributed by atoms with E-state index in [9.17, 15) is 14.4 Å². The lowest BCUT2D eigenvalue weighted by Gasteiger charge is -2.05. The molecule has 0 fully saturated rings. The quantitative estimate of drug-likeness (QED) is 0.505. The average molecular weight is 394 g/mol. The van der Waals surface area contributed by atoms with Crippen LogP contribution >= 0.6 is 0 Å². The number of nitrogens with one attached hydrogen (secondary N) is 1. The second-order valence-corrected chi connectivity index (χ2v) is 6.38. The summed E-state index contributed by atoms with van der Waals surface area (Å²) in [5, 5.41) is 6.98. The van der Waals surface area contributed by atoms with Gasteiger partial charge in [-0.3, -0.25) is 18.9 Å². The van der Waals surface area contributed by atoms with Gasteiger partial charge in [0, 0.05) is 19.8 Å². The number of hydrogen-bond donors (Lipinski definition) is 1. The fourth-order valence-corrected chi connectivity index (χ4v) is 3.02. The van der Waals surface area contributed by atoms with Crippen molar-refractivity contribution in [2.75, 3.05) is 6.54 Å². The molecule has 1 aromatic carbocycles. The Balaban J connectivity index is 1.42. The van der Waals surface area contributed by atoms with Crippen molar-refractivity contribution < 1.29 is 9.21 Å². The van der Waals surface area contributed by atoms with Gasteiger partial charge in [-0.2, -0.15) is 0 Å². The van der Waals surface area contributed by atoms with E-state index < -0.39 is 5.76 Å². The summed E-state index contributed by atoms with van der Waals surface area (Å²) in [5.74, 6) is -0.520. The number of aromatic nitrogens is 5. The SMILES string of the molecule is Cn1c(-c2ccccn2)nn(CCNC(=O)Cn2c(=O)oc3ccccc32)c1=O. The summed E-state index contributed by atoms with van der Waals surface area (Å²) in [4.78, 5) is 40.7. The van der Waals surface area contributed by atoms with Gasteiger partial charge in [0.1, 0.15) is 12.2 Å². The smallest absolute Gasteiger partial charge is 0.408 e. The van der Waals surface area contributed by atoms with E-state index in [4.69, 9.17) is 4.42 Å². The third-order valence-corrected chi connectivity index (χ3v) is 4.46. The Morgan fingerprint density at radius 2 is 1.93 bits per heavy atom. The van der Waals surface area contributed by atoms with E-state index >= 15 is 0 Å². The number of benzene rings is 1. The highest BCUT2D eigenvalue weighted by atomic mass is 16.4. The van der Waals surface area contributed by atoms with Crippen LogP contribution in [0.2, 0.25) is 0 Å². The standard InChI is InChI=1S/C19H18N6O4/c1-23-17(13-6-4-5-9-20-13)22-25(18(23)27)11-10-21-16(26)12-24-14-7-2-3-8-15(14)29-19(24)28/h2-9H,10-12H2,1H3,(H,21,26). The summed E-state index contributed by atoms with van der Waals surface area (Å²) in [6.45, 7) is 0.195. The Morgan fingerprint density at radius 1 is 1.14 bits per heavy atom. The number of para-hydroxylation sites is 2. The highest BCUT2D eigenvalue weighted by Gasteiger charge is 2.14. The monoisotopic (exact) mass is 394 g/mol. The first-order chi connectivity index (χ1) is 14.0. The van der Waals surface area contributed by atoms with Gasteiger partial charge in [-0.05, 0) is 24.3 Å². The molecule has 1 amide bonds. The van der Waals surface area contributed by atoms with Gasteiger partial charge in [-0.1, -0.05) is 18.2 Å². The van der Waals surface area contributed by atoms with Crippen molar-refractivity contribution in [2.24, 2.45) is 7.05 Å². The molecule has 0 saturated heterocycles. The van der Waals surface area contributed by atoms with Crippen molar-refractivity contribution in [3.63, 3.8) is 0 Å². The predicted molar refractivity (Wildman–Crippen MR) is 104 cm³/mol. The molecule has 0 spiro atoms. The number of amides is 1. The Kier molecular flexibility index (Phi) is 4.82. The van der Waals surface area contributed by atoms with Crippen LogP contribution in [0.5, 0.6) is 0 Å². The molecule has 1 N–H and O–H groups in total. The van der Waals surface area contributed by atoms with E-state index in [1.165, 1.54) is 13.8 Å². The lowest BCUT2D eigenvalue weighted by molar-refractivity contribution is -0.121. The van der Waals surface area contributed by atoms with Crippen molar-refractivity contribution in [3.05, 3.63) is 69.7 Å². The largest absolute Gasteiger partial charge is 0.420 e. The molecule has 29 heavy (non-hydrogen) atoms. The Labute approximate surface area is 164 Å². The maximum atomic E-state index is 12.4. The molecular formula is C19H18N6O4. The maximum Gasteiger partial charge on any atom is 0.420 e. The number of carbonyl (C=O) groups excluding carboxylic acids is 1. The molecule has 0 saturated carbocycles. The van der Waals surface area contributed by atoms with Crippen molar-refractivity contribution in [2.45, 2.75) is 13.1 Å². The number of hydrogen-bond acceptors (Lipinski definition) is 6. The van der Waals surface area contributed by atoms with Gasteiger partial charge in [0.25, 0.3) is 0 Å². The third kappa shape index (κ3) is 3.59. The minimum atomic E-state index is -0.595. The molecule has 0 unspecified atom stereocenters. The maximum absolute atomic E-state index is 12.4. The first-order valence-electron chi connectivity index (χ1n) is 8.95. The molecule has 4 aromatic rings. The fourth-order valence-electron chi connectivity index (χ4n) is 3.02. The van der Waals surface area contributed by atoms with Gasteiger partial charge in [0.05, 0.1) is 12.1 Å². The highest BCUT2D eigenvalue weighted by molar-refractivity contribution is 5.79. The highest BCUT2D eigenvalue weighted by Crippen LogP contribution is 2.11. The number of nitrogens with zero attached hydrogens (tertiary/aromatic N) is 5. The van der Waals surface area contributed by atoms with E-state index in [0.717, 1.165) is 0 Å².